The Hall–Kier alpha value is -2.27. The van der Waals surface area contributed by atoms with E-state index < -0.39 is 0 Å². The molecule has 1 N–H and O–H groups in total. The number of nitrogens with zero attached hydrogens (tertiary/aromatic N) is 4. The third-order valence-electron chi connectivity index (χ3n) is 2.93. The maximum Gasteiger partial charge on any atom is 0.0802 e. The molecular weight excluding hydrogens is 226 g/mol. The molecule has 3 aromatic heterocycles. The highest BCUT2D eigenvalue weighted by atomic mass is 15.2. The van der Waals surface area contributed by atoms with Crippen molar-refractivity contribution in [3.05, 3.63) is 60.4 Å². The van der Waals surface area contributed by atoms with Crippen LogP contribution in [0.4, 0.5) is 0 Å². The van der Waals surface area contributed by atoms with Crippen LogP contribution in [-0.2, 0) is 0 Å². The van der Waals surface area contributed by atoms with Crippen molar-refractivity contribution in [2.24, 2.45) is 0 Å². The Labute approximate surface area is 105 Å². The maximum atomic E-state index is 4.35. The second kappa shape index (κ2) is 4.54. The number of hydrogen-bond donors (Lipinski definition) is 1. The first-order valence-electron chi connectivity index (χ1n) is 5.75. The van der Waals surface area contributed by atoms with Gasteiger partial charge in [-0.05, 0) is 19.2 Å². The molecular formula is C13H13N5. The van der Waals surface area contributed by atoms with Crippen LogP contribution < -0.4 is 5.32 Å². The number of aromatic nitrogens is 4. The van der Waals surface area contributed by atoms with Crippen molar-refractivity contribution in [3.63, 3.8) is 0 Å². The monoisotopic (exact) mass is 239 g/mol. The van der Waals surface area contributed by atoms with Crippen molar-refractivity contribution in [1.82, 2.24) is 24.9 Å². The molecule has 0 aliphatic carbocycles. The molecule has 1 unspecified atom stereocenters. The van der Waals surface area contributed by atoms with Gasteiger partial charge in [0.25, 0.3) is 0 Å². The van der Waals surface area contributed by atoms with E-state index in [1.165, 1.54) is 0 Å². The Balaban J connectivity index is 2.12. The summed E-state index contributed by atoms with van der Waals surface area (Å²) in [5.74, 6) is 0. The smallest absolute Gasteiger partial charge is 0.0802 e. The van der Waals surface area contributed by atoms with Gasteiger partial charge in [-0.15, -0.1) is 0 Å². The first-order chi connectivity index (χ1) is 8.90. The quantitative estimate of drug-likeness (QED) is 0.751. The molecule has 0 saturated heterocycles. The lowest BCUT2D eigenvalue weighted by molar-refractivity contribution is 0.671. The number of rotatable bonds is 3. The van der Waals surface area contributed by atoms with E-state index in [1.807, 2.05) is 42.2 Å². The normalized spacial score (nSPS) is 12.7. The minimum Gasteiger partial charge on any atom is -0.308 e. The minimum absolute atomic E-state index is 0.00130. The number of fused-ring (bicyclic) bond motifs is 1. The summed E-state index contributed by atoms with van der Waals surface area (Å²) < 4.78 is 1.86. The lowest BCUT2D eigenvalue weighted by Crippen LogP contribution is -2.18. The van der Waals surface area contributed by atoms with Crippen LogP contribution in [0.5, 0.6) is 0 Å². The predicted octanol–water partition coefficient (Wildman–Crippen LogP) is 1.43. The summed E-state index contributed by atoms with van der Waals surface area (Å²) in [5.41, 5.74) is 3.06. The molecule has 0 radical (unpaired) electrons. The van der Waals surface area contributed by atoms with E-state index >= 15 is 0 Å². The van der Waals surface area contributed by atoms with Crippen molar-refractivity contribution >= 4 is 5.52 Å². The second-order valence-electron chi connectivity index (χ2n) is 3.98. The highest BCUT2D eigenvalue weighted by Gasteiger charge is 2.17. The van der Waals surface area contributed by atoms with Crippen molar-refractivity contribution < 1.29 is 0 Å². The molecule has 3 rings (SSSR count). The summed E-state index contributed by atoms with van der Waals surface area (Å²) in [7, 11) is 1.91. The maximum absolute atomic E-state index is 4.35. The second-order valence-corrected chi connectivity index (χ2v) is 3.98. The molecule has 0 aliphatic heterocycles. The van der Waals surface area contributed by atoms with Crippen LogP contribution in [0.1, 0.15) is 17.3 Å². The molecule has 18 heavy (non-hydrogen) atoms. The van der Waals surface area contributed by atoms with E-state index in [0.29, 0.717) is 0 Å². The van der Waals surface area contributed by atoms with Gasteiger partial charge < -0.3 is 5.32 Å². The van der Waals surface area contributed by atoms with Crippen molar-refractivity contribution in [2.45, 2.75) is 6.04 Å². The van der Waals surface area contributed by atoms with Gasteiger partial charge in [0.1, 0.15) is 0 Å². The van der Waals surface area contributed by atoms with Gasteiger partial charge in [-0.25, -0.2) is 4.52 Å². The summed E-state index contributed by atoms with van der Waals surface area (Å²) >= 11 is 0. The molecule has 5 heteroatoms. The van der Waals surface area contributed by atoms with Crippen LogP contribution in [0, 0.1) is 0 Å². The molecule has 0 aliphatic rings. The van der Waals surface area contributed by atoms with E-state index in [9.17, 15) is 0 Å². The third-order valence-corrected chi connectivity index (χ3v) is 2.93. The zero-order chi connectivity index (χ0) is 12.4. The molecule has 0 aromatic carbocycles. The highest BCUT2D eigenvalue weighted by Crippen LogP contribution is 2.23. The van der Waals surface area contributed by atoms with Crippen molar-refractivity contribution in [2.75, 3.05) is 7.05 Å². The van der Waals surface area contributed by atoms with Crippen LogP contribution in [0.15, 0.2) is 49.2 Å². The molecule has 0 saturated carbocycles. The fourth-order valence-corrected chi connectivity index (χ4v) is 2.10. The summed E-state index contributed by atoms with van der Waals surface area (Å²) in [5, 5.41) is 7.60. The summed E-state index contributed by atoms with van der Waals surface area (Å²) in [6.07, 6.45) is 8.94. The van der Waals surface area contributed by atoms with E-state index in [-0.39, 0.29) is 6.04 Å². The van der Waals surface area contributed by atoms with Crippen LogP contribution in [0.25, 0.3) is 5.52 Å². The molecule has 1 atom stereocenters. The Morgan fingerprint density at radius 2 is 2.17 bits per heavy atom. The van der Waals surface area contributed by atoms with E-state index in [0.717, 1.165) is 16.8 Å². The average Bonchev–Trinajstić information content (AvgIpc) is 2.85. The third kappa shape index (κ3) is 1.74. The first kappa shape index (κ1) is 10.9. The van der Waals surface area contributed by atoms with Gasteiger partial charge >= 0.3 is 0 Å². The van der Waals surface area contributed by atoms with Crippen LogP contribution in [-0.4, -0.2) is 26.6 Å². The first-order valence-corrected chi connectivity index (χ1v) is 5.75. The summed E-state index contributed by atoms with van der Waals surface area (Å²) in [6.45, 7) is 0. The molecule has 5 nitrogen and oxygen atoms in total. The molecule has 3 heterocycles. The van der Waals surface area contributed by atoms with E-state index in [2.05, 4.69) is 20.4 Å². The standard InChI is InChI=1S/C13H13N5/c1-14-13(11-9-15-5-6-16-11)10-8-17-18-7-3-2-4-12(10)18/h2-9,13-14H,1H3. The Morgan fingerprint density at radius 3 is 2.94 bits per heavy atom. The highest BCUT2D eigenvalue weighted by molar-refractivity contribution is 5.56. The van der Waals surface area contributed by atoms with E-state index in [4.69, 9.17) is 0 Å². The van der Waals surface area contributed by atoms with Gasteiger partial charge in [-0.1, -0.05) is 6.07 Å². The van der Waals surface area contributed by atoms with E-state index in [1.54, 1.807) is 18.6 Å². The van der Waals surface area contributed by atoms with Gasteiger partial charge in [-0.2, -0.15) is 5.10 Å². The zero-order valence-corrected chi connectivity index (χ0v) is 9.99. The molecule has 0 spiro atoms. The van der Waals surface area contributed by atoms with Gasteiger partial charge in [0, 0.05) is 24.2 Å². The summed E-state index contributed by atoms with van der Waals surface area (Å²) in [6, 6.07) is 6.01. The topological polar surface area (TPSA) is 55.1 Å². The predicted molar refractivity (Wildman–Crippen MR) is 68.1 cm³/mol. The van der Waals surface area contributed by atoms with Gasteiger partial charge in [-0.3, -0.25) is 9.97 Å². The number of nitrogens with one attached hydrogen (secondary N) is 1. The fourth-order valence-electron chi connectivity index (χ4n) is 2.10. The summed E-state index contributed by atoms with van der Waals surface area (Å²) in [4.78, 5) is 8.46. The number of pyridine rings is 1. The van der Waals surface area contributed by atoms with Crippen molar-refractivity contribution in [1.29, 1.82) is 0 Å². The largest absolute Gasteiger partial charge is 0.308 e. The minimum atomic E-state index is -0.00130. The molecule has 0 bridgehead atoms. The average molecular weight is 239 g/mol. The van der Waals surface area contributed by atoms with Crippen molar-refractivity contribution in [3.8, 4) is 0 Å². The molecule has 0 amide bonds. The van der Waals surface area contributed by atoms with Crippen LogP contribution in [0.3, 0.4) is 0 Å². The van der Waals surface area contributed by atoms with Crippen LogP contribution in [0.2, 0.25) is 0 Å². The van der Waals surface area contributed by atoms with Gasteiger partial charge in [0.2, 0.25) is 0 Å². The fraction of sp³-hybridized carbons (Fsp3) is 0.154. The molecule has 90 valence electrons. The SMILES string of the molecule is CNC(c1cnccn1)c1cnn2ccccc12. The van der Waals surface area contributed by atoms with Gasteiger partial charge in [0.15, 0.2) is 0 Å². The van der Waals surface area contributed by atoms with Crippen LogP contribution >= 0.6 is 0 Å². The Bertz CT molecular complexity index is 647. The Kier molecular flexibility index (Phi) is 2.74. The zero-order valence-electron chi connectivity index (χ0n) is 9.99. The lowest BCUT2D eigenvalue weighted by atomic mass is 10.1. The van der Waals surface area contributed by atoms with Gasteiger partial charge in [0.05, 0.1) is 29.6 Å². The molecule has 0 fully saturated rings. The lowest BCUT2D eigenvalue weighted by Gasteiger charge is -2.13. The Morgan fingerprint density at radius 1 is 1.22 bits per heavy atom. The number of hydrogen-bond acceptors (Lipinski definition) is 4. The molecule has 3 aromatic rings.